The molecule has 4 aliphatic rings. The first kappa shape index (κ1) is 31.3. The summed E-state index contributed by atoms with van der Waals surface area (Å²) < 4.78 is 73.6. The van der Waals surface area contributed by atoms with E-state index >= 15 is 0 Å². The van der Waals surface area contributed by atoms with E-state index < -0.39 is 44.5 Å². The van der Waals surface area contributed by atoms with Gasteiger partial charge in [-0.1, -0.05) is 39.8 Å². The maximum absolute atomic E-state index is 11.7. The maximum Gasteiger partial charge on any atom is 0.397 e. The van der Waals surface area contributed by atoms with Crippen molar-refractivity contribution in [3.8, 4) is 0 Å². The van der Waals surface area contributed by atoms with E-state index in [2.05, 4.69) is 33.8 Å². The monoisotopic (exact) mass is 594 g/mol. The molecule has 0 radical (unpaired) electrons. The third-order valence-corrected chi connectivity index (χ3v) is 11.8. The summed E-state index contributed by atoms with van der Waals surface area (Å²) >= 11 is 0. The molecular weight excluding hydrogens is 548 g/mol. The number of rotatable bonds is 9. The van der Waals surface area contributed by atoms with Gasteiger partial charge in [-0.15, -0.1) is 0 Å². The Labute approximate surface area is 233 Å². The molecule has 226 valence electrons. The highest BCUT2D eigenvalue weighted by atomic mass is 32.3. The first-order valence-corrected chi connectivity index (χ1v) is 17.0. The third-order valence-electron chi connectivity index (χ3n) is 10.9. The summed E-state index contributed by atoms with van der Waals surface area (Å²) in [5.41, 5.74) is -0.673. The number of allylic oxidation sites excluding steroid dienone is 1. The molecule has 0 heterocycles. The SMILES string of the molecule is CC(C)C/C=C/[C@@H](COS(=O)(=O)O)[C@H]1CC[C@H]2[C@@H]3CC[C@@H]4[C@H](O)[C@H](OS(=O)(=O)O)CC[C@]4(C)[C@H]3[C@@H](O)C[C@]12C. The Hall–Kier alpha value is -0.600. The Morgan fingerprint density at radius 3 is 2.21 bits per heavy atom. The van der Waals surface area contributed by atoms with Crippen LogP contribution in [0.3, 0.4) is 0 Å². The van der Waals surface area contributed by atoms with Crippen LogP contribution in [0.15, 0.2) is 12.2 Å². The quantitative estimate of drug-likeness (QED) is 0.228. The summed E-state index contributed by atoms with van der Waals surface area (Å²) in [5.74, 6) is 0.453. The molecule has 0 bridgehead atoms. The minimum absolute atomic E-state index is 0.0679. The highest BCUT2D eigenvalue weighted by molar-refractivity contribution is 7.81. The fourth-order valence-electron chi connectivity index (χ4n) is 9.43. The van der Waals surface area contributed by atoms with Gasteiger partial charge < -0.3 is 10.2 Å². The zero-order chi connectivity index (χ0) is 29.0. The Morgan fingerprint density at radius 1 is 0.923 bits per heavy atom. The second-order valence-corrected chi connectivity index (χ2v) is 15.6. The molecule has 4 rings (SSSR count). The van der Waals surface area contributed by atoms with Crippen molar-refractivity contribution < 1.29 is 44.5 Å². The Balaban J connectivity index is 1.58. The van der Waals surface area contributed by atoms with Crippen molar-refractivity contribution in [2.75, 3.05) is 6.61 Å². The van der Waals surface area contributed by atoms with Gasteiger partial charge in [0.1, 0.15) is 6.10 Å². The maximum atomic E-state index is 11.7. The second kappa shape index (κ2) is 11.2. The van der Waals surface area contributed by atoms with Crippen LogP contribution in [-0.4, -0.2) is 61.1 Å². The summed E-state index contributed by atoms with van der Waals surface area (Å²) in [5, 5.41) is 22.8. The van der Waals surface area contributed by atoms with Gasteiger partial charge in [-0.05, 0) is 97.7 Å². The third kappa shape index (κ3) is 6.43. The molecule has 0 aromatic rings. The van der Waals surface area contributed by atoms with Crippen LogP contribution in [0.5, 0.6) is 0 Å². The van der Waals surface area contributed by atoms with Gasteiger partial charge in [0.2, 0.25) is 0 Å². The van der Waals surface area contributed by atoms with Crippen molar-refractivity contribution in [2.45, 2.75) is 97.4 Å². The molecule has 12 heteroatoms. The topological polar surface area (TPSA) is 168 Å². The number of hydrogen-bond donors (Lipinski definition) is 4. The minimum Gasteiger partial charge on any atom is -0.393 e. The highest BCUT2D eigenvalue weighted by Crippen LogP contribution is 2.68. The second-order valence-electron chi connectivity index (χ2n) is 13.5. The zero-order valence-corrected chi connectivity index (χ0v) is 25.0. The van der Waals surface area contributed by atoms with Gasteiger partial charge in [0, 0.05) is 5.92 Å². The van der Waals surface area contributed by atoms with Crippen LogP contribution < -0.4 is 0 Å². The van der Waals surface area contributed by atoms with Gasteiger partial charge in [0.25, 0.3) is 0 Å². The summed E-state index contributed by atoms with van der Waals surface area (Å²) in [6.07, 6.45) is 6.83. The number of aliphatic hydroxyl groups is 2. The standard InChI is InChI=1S/C27H46O10S2/c1-16(2)6-5-7-17(15-36-38(30,31)32)19-10-11-20-18-8-9-21-25(29)23(37-39(33,34)35)12-13-26(21,3)24(18)22(28)14-27(19,20)4/h5,7,16-25,28-29H,6,8-15H2,1-4H3,(H,30,31,32)(H,33,34,35)/b7-5+/t17-,18-,19+,20-,21+,22-,23+,24+,25-,26-,27+/m0/s1. The van der Waals surface area contributed by atoms with Crippen molar-refractivity contribution in [3.05, 3.63) is 12.2 Å². The smallest absolute Gasteiger partial charge is 0.393 e. The predicted molar refractivity (Wildman–Crippen MR) is 144 cm³/mol. The van der Waals surface area contributed by atoms with Crippen LogP contribution >= 0.6 is 0 Å². The minimum atomic E-state index is -4.69. The lowest BCUT2D eigenvalue weighted by Crippen LogP contribution is -2.62. The van der Waals surface area contributed by atoms with E-state index in [1.54, 1.807) is 0 Å². The Kier molecular flexibility index (Phi) is 9.03. The molecule has 4 fully saturated rings. The van der Waals surface area contributed by atoms with Gasteiger partial charge in [0.05, 0.1) is 18.8 Å². The lowest BCUT2D eigenvalue weighted by molar-refractivity contribution is -0.204. The predicted octanol–water partition coefficient (Wildman–Crippen LogP) is 3.81. The van der Waals surface area contributed by atoms with Crippen LogP contribution in [0.4, 0.5) is 0 Å². The normalized spacial score (nSPS) is 43.7. The van der Waals surface area contributed by atoms with Gasteiger partial charge in [-0.25, -0.2) is 8.37 Å². The fourth-order valence-corrected chi connectivity index (χ4v) is 10.3. The lowest BCUT2D eigenvalue weighted by atomic mass is 9.43. The number of fused-ring (bicyclic) bond motifs is 5. The van der Waals surface area contributed by atoms with Crippen molar-refractivity contribution in [1.29, 1.82) is 0 Å². The van der Waals surface area contributed by atoms with E-state index in [-0.39, 0.29) is 48.0 Å². The molecule has 0 aromatic heterocycles. The van der Waals surface area contributed by atoms with Crippen LogP contribution in [0.2, 0.25) is 0 Å². The van der Waals surface area contributed by atoms with E-state index in [0.717, 1.165) is 25.7 Å². The van der Waals surface area contributed by atoms with E-state index in [9.17, 15) is 36.2 Å². The molecule has 0 saturated heterocycles. The Bertz CT molecular complexity index is 1120. The molecule has 0 aliphatic heterocycles. The summed E-state index contributed by atoms with van der Waals surface area (Å²) in [4.78, 5) is 0. The van der Waals surface area contributed by atoms with Crippen LogP contribution in [-0.2, 0) is 29.2 Å². The summed E-state index contributed by atoms with van der Waals surface area (Å²) in [6.45, 7) is 8.36. The van der Waals surface area contributed by atoms with E-state index in [1.165, 1.54) is 0 Å². The van der Waals surface area contributed by atoms with Crippen LogP contribution in [0.1, 0.15) is 79.1 Å². The van der Waals surface area contributed by atoms with Crippen LogP contribution in [0.25, 0.3) is 0 Å². The average Bonchev–Trinajstić information content (AvgIpc) is 3.12. The summed E-state index contributed by atoms with van der Waals surface area (Å²) in [7, 11) is -9.27. The first-order chi connectivity index (χ1) is 18.0. The Morgan fingerprint density at radius 2 is 1.59 bits per heavy atom. The largest absolute Gasteiger partial charge is 0.397 e. The fraction of sp³-hybridized carbons (Fsp3) is 0.926. The molecule has 4 aliphatic carbocycles. The zero-order valence-electron chi connectivity index (χ0n) is 23.3. The lowest BCUT2D eigenvalue weighted by Gasteiger charge is -2.63. The molecule has 4 N–H and O–H groups in total. The van der Waals surface area contributed by atoms with Crippen molar-refractivity contribution in [2.24, 2.45) is 52.3 Å². The number of hydrogen-bond acceptors (Lipinski definition) is 8. The highest BCUT2D eigenvalue weighted by Gasteiger charge is 2.65. The molecule has 10 nitrogen and oxygen atoms in total. The first-order valence-electron chi connectivity index (χ1n) is 14.3. The van der Waals surface area contributed by atoms with Gasteiger partial charge >= 0.3 is 20.8 Å². The molecule has 0 unspecified atom stereocenters. The molecule has 0 aromatic carbocycles. The number of aliphatic hydroxyl groups excluding tert-OH is 2. The molecule has 0 spiro atoms. The van der Waals surface area contributed by atoms with E-state index in [0.29, 0.717) is 31.1 Å². The van der Waals surface area contributed by atoms with E-state index in [4.69, 9.17) is 8.37 Å². The van der Waals surface area contributed by atoms with Crippen LogP contribution in [0, 0.1) is 52.3 Å². The van der Waals surface area contributed by atoms with Crippen molar-refractivity contribution in [3.63, 3.8) is 0 Å². The average molecular weight is 595 g/mol. The molecule has 0 amide bonds. The van der Waals surface area contributed by atoms with Crippen molar-refractivity contribution in [1.82, 2.24) is 0 Å². The van der Waals surface area contributed by atoms with Crippen molar-refractivity contribution >= 4 is 20.8 Å². The molecule has 39 heavy (non-hydrogen) atoms. The molecular formula is C27H46O10S2. The van der Waals surface area contributed by atoms with Gasteiger partial charge in [-0.2, -0.15) is 16.8 Å². The van der Waals surface area contributed by atoms with Gasteiger partial charge in [0.15, 0.2) is 0 Å². The summed E-state index contributed by atoms with van der Waals surface area (Å²) in [6, 6.07) is 0. The molecule has 4 saturated carbocycles. The van der Waals surface area contributed by atoms with E-state index in [1.807, 2.05) is 6.08 Å². The molecule has 11 atom stereocenters. The van der Waals surface area contributed by atoms with Gasteiger partial charge in [-0.3, -0.25) is 9.11 Å².